The molecule has 3 aromatic rings. The lowest BCUT2D eigenvalue weighted by Crippen LogP contribution is -1.89. The Balaban J connectivity index is 1.95. The number of thiophene rings is 1. The van der Waals surface area contributed by atoms with Crippen LogP contribution in [0.25, 0.3) is 10.2 Å². The molecule has 19 heavy (non-hydrogen) atoms. The summed E-state index contributed by atoms with van der Waals surface area (Å²) in [6, 6.07) is 9.45. The van der Waals surface area contributed by atoms with Crippen molar-refractivity contribution in [2.24, 2.45) is 0 Å². The lowest BCUT2D eigenvalue weighted by molar-refractivity contribution is 0.412. The number of fused-ring (bicyclic) bond motifs is 1. The molecule has 0 unspecified atom stereocenters. The van der Waals surface area contributed by atoms with E-state index in [1.54, 1.807) is 18.4 Å². The minimum absolute atomic E-state index is 0.583. The molecule has 0 saturated carbocycles. The molecule has 0 atom stereocenters. The number of ether oxygens (including phenoxy) is 2. The van der Waals surface area contributed by atoms with Crippen molar-refractivity contribution >= 4 is 21.6 Å². The largest absolute Gasteiger partial charge is 0.497 e. The first-order valence-electron chi connectivity index (χ1n) is 5.79. The fourth-order valence-corrected chi connectivity index (χ4v) is 2.63. The molecule has 0 amide bonds. The van der Waals surface area contributed by atoms with Gasteiger partial charge in [-0.1, -0.05) is 0 Å². The second kappa shape index (κ2) is 4.85. The second-order valence-corrected chi connectivity index (χ2v) is 5.27. The van der Waals surface area contributed by atoms with Crippen molar-refractivity contribution in [3.8, 4) is 17.4 Å². The van der Waals surface area contributed by atoms with Gasteiger partial charge in [0.1, 0.15) is 22.7 Å². The van der Waals surface area contributed by atoms with Crippen molar-refractivity contribution in [1.82, 2.24) is 9.97 Å². The topological polar surface area (TPSA) is 44.2 Å². The molecule has 0 spiro atoms. The van der Waals surface area contributed by atoms with E-state index in [2.05, 4.69) is 9.97 Å². The molecule has 0 aliphatic carbocycles. The number of rotatable bonds is 3. The number of benzene rings is 1. The Hall–Kier alpha value is -2.14. The fourth-order valence-electron chi connectivity index (χ4n) is 1.79. The van der Waals surface area contributed by atoms with Gasteiger partial charge in [-0.2, -0.15) is 0 Å². The average molecular weight is 272 g/mol. The maximum atomic E-state index is 5.80. The molecule has 2 heterocycles. The van der Waals surface area contributed by atoms with Crippen LogP contribution in [-0.2, 0) is 0 Å². The number of hydrogen-bond acceptors (Lipinski definition) is 5. The van der Waals surface area contributed by atoms with Crippen LogP contribution < -0.4 is 9.47 Å². The molecule has 5 heteroatoms. The van der Waals surface area contributed by atoms with Gasteiger partial charge in [-0.15, -0.1) is 11.3 Å². The second-order valence-electron chi connectivity index (χ2n) is 4.03. The van der Waals surface area contributed by atoms with Crippen LogP contribution in [-0.4, -0.2) is 17.1 Å². The highest BCUT2D eigenvalue weighted by atomic mass is 32.1. The van der Waals surface area contributed by atoms with Crippen molar-refractivity contribution < 1.29 is 9.47 Å². The van der Waals surface area contributed by atoms with Crippen LogP contribution in [0, 0.1) is 6.92 Å². The molecule has 0 radical (unpaired) electrons. The molecular weight excluding hydrogens is 260 g/mol. The SMILES string of the molecule is COc1ccc(Oc2ncnc3sc(C)cc23)cc1. The molecular formula is C14H12N2O2S. The zero-order chi connectivity index (χ0) is 13.2. The lowest BCUT2D eigenvalue weighted by Gasteiger charge is -2.06. The zero-order valence-electron chi connectivity index (χ0n) is 10.6. The van der Waals surface area contributed by atoms with Crippen LogP contribution >= 0.6 is 11.3 Å². The van der Waals surface area contributed by atoms with E-state index in [0.717, 1.165) is 21.7 Å². The smallest absolute Gasteiger partial charge is 0.231 e. The Bertz CT molecular complexity index is 707. The maximum absolute atomic E-state index is 5.80. The molecule has 2 aromatic heterocycles. The van der Waals surface area contributed by atoms with Gasteiger partial charge in [0.2, 0.25) is 5.88 Å². The van der Waals surface area contributed by atoms with Crippen molar-refractivity contribution in [3.05, 3.63) is 41.5 Å². The Morgan fingerprint density at radius 2 is 1.79 bits per heavy atom. The van der Waals surface area contributed by atoms with Gasteiger partial charge in [-0.3, -0.25) is 0 Å². The predicted octanol–water partition coefficient (Wildman–Crippen LogP) is 3.80. The number of aromatic nitrogens is 2. The Kier molecular flexibility index (Phi) is 3.05. The number of nitrogens with zero attached hydrogens (tertiary/aromatic N) is 2. The summed E-state index contributed by atoms with van der Waals surface area (Å²) in [6.07, 6.45) is 1.52. The Morgan fingerprint density at radius 3 is 2.53 bits per heavy atom. The number of hydrogen-bond donors (Lipinski definition) is 0. The summed E-state index contributed by atoms with van der Waals surface area (Å²) < 4.78 is 10.9. The van der Waals surface area contributed by atoms with Crippen LogP contribution in [0.2, 0.25) is 0 Å². The van der Waals surface area contributed by atoms with E-state index in [4.69, 9.17) is 9.47 Å². The minimum atomic E-state index is 0.583. The first-order chi connectivity index (χ1) is 9.26. The number of methoxy groups -OCH3 is 1. The molecule has 96 valence electrons. The summed E-state index contributed by atoms with van der Waals surface area (Å²) in [7, 11) is 1.64. The Labute approximate surface area is 114 Å². The molecule has 0 aliphatic rings. The summed E-state index contributed by atoms with van der Waals surface area (Å²) in [4.78, 5) is 10.6. The van der Waals surface area contributed by atoms with E-state index in [0.29, 0.717) is 5.88 Å². The van der Waals surface area contributed by atoms with Gasteiger partial charge in [-0.25, -0.2) is 9.97 Å². The number of aryl methyl sites for hydroxylation is 1. The third-order valence-electron chi connectivity index (χ3n) is 2.69. The first kappa shape index (κ1) is 11.9. The third-order valence-corrected chi connectivity index (χ3v) is 3.65. The van der Waals surface area contributed by atoms with E-state index in [9.17, 15) is 0 Å². The van der Waals surface area contributed by atoms with Gasteiger partial charge in [0.15, 0.2) is 0 Å². The highest BCUT2D eigenvalue weighted by Crippen LogP contribution is 2.32. The summed E-state index contributed by atoms with van der Waals surface area (Å²) >= 11 is 1.63. The summed E-state index contributed by atoms with van der Waals surface area (Å²) in [5.41, 5.74) is 0. The van der Waals surface area contributed by atoms with Crippen LogP contribution in [0.15, 0.2) is 36.7 Å². The standard InChI is InChI=1S/C14H12N2O2S/c1-9-7-12-13(15-8-16-14(12)19-9)18-11-5-3-10(17-2)4-6-11/h3-8H,1-2H3. The van der Waals surface area contributed by atoms with Crippen molar-refractivity contribution in [2.45, 2.75) is 6.92 Å². The molecule has 0 fully saturated rings. The third kappa shape index (κ3) is 2.37. The van der Waals surface area contributed by atoms with E-state index in [1.807, 2.05) is 37.3 Å². The molecule has 0 saturated heterocycles. The molecule has 3 rings (SSSR count). The molecule has 0 aliphatic heterocycles. The predicted molar refractivity (Wildman–Crippen MR) is 75.2 cm³/mol. The quantitative estimate of drug-likeness (QED) is 0.727. The van der Waals surface area contributed by atoms with Gasteiger partial charge < -0.3 is 9.47 Å². The highest BCUT2D eigenvalue weighted by molar-refractivity contribution is 7.18. The minimum Gasteiger partial charge on any atom is -0.497 e. The van der Waals surface area contributed by atoms with E-state index in [1.165, 1.54) is 11.2 Å². The van der Waals surface area contributed by atoms with Gasteiger partial charge in [-0.05, 0) is 37.3 Å². The van der Waals surface area contributed by atoms with Crippen LogP contribution in [0.3, 0.4) is 0 Å². The maximum Gasteiger partial charge on any atom is 0.231 e. The van der Waals surface area contributed by atoms with Crippen molar-refractivity contribution in [1.29, 1.82) is 0 Å². The first-order valence-corrected chi connectivity index (χ1v) is 6.61. The molecule has 0 bridgehead atoms. The van der Waals surface area contributed by atoms with Crippen molar-refractivity contribution in [3.63, 3.8) is 0 Å². The van der Waals surface area contributed by atoms with Crippen LogP contribution in [0.1, 0.15) is 4.88 Å². The van der Waals surface area contributed by atoms with Gasteiger partial charge in [0.25, 0.3) is 0 Å². The summed E-state index contributed by atoms with van der Waals surface area (Å²) in [5.74, 6) is 2.11. The summed E-state index contributed by atoms with van der Waals surface area (Å²) in [6.45, 7) is 2.05. The van der Waals surface area contributed by atoms with E-state index < -0.39 is 0 Å². The average Bonchev–Trinajstić information content (AvgIpc) is 2.81. The van der Waals surface area contributed by atoms with Gasteiger partial charge in [0.05, 0.1) is 12.5 Å². The summed E-state index contributed by atoms with van der Waals surface area (Å²) in [5, 5.41) is 0.945. The van der Waals surface area contributed by atoms with Gasteiger partial charge >= 0.3 is 0 Å². The molecule has 4 nitrogen and oxygen atoms in total. The fraction of sp³-hybridized carbons (Fsp3) is 0.143. The van der Waals surface area contributed by atoms with E-state index in [-0.39, 0.29) is 0 Å². The zero-order valence-corrected chi connectivity index (χ0v) is 11.4. The monoisotopic (exact) mass is 272 g/mol. The Morgan fingerprint density at radius 1 is 1.05 bits per heavy atom. The normalized spacial score (nSPS) is 10.6. The van der Waals surface area contributed by atoms with Crippen molar-refractivity contribution in [2.75, 3.05) is 7.11 Å². The van der Waals surface area contributed by atoms with Crippen LogP contribution in [0.5, 0.6) is 17.4 Å². The highest BCUT2D eigenvalue weighted by Gasteiger charge is 2.08. The molecule has 1 aromatic carbocycles. The van der Waals surface area contributed by atoms with Crippen LogP contribution in [0.4, 0.5) is 0 Å². The lowest BCUT2D eigenvalue weighted by atomic mass is 10.3. The van der Waals surface area contributed by atoms with Gasteiger partial charge in [0, 0.05) is 4.88 Å². The van der Waals surface area contributed by atoms with E-state index >= 15 is 0 Å². The molecule has 0 N–H and O–H groups in total.